The lowest BCUT2D eigenvalue weighted by atomic mass is 9.35. The van der Waals surface area contributed by atoms with Crippen molar-refractivity contribution in [3.05, 3.63) is 148 Å². The van der Waals surface area contributed by atoms with E-state index in [-0.39, 0.29) is 44.6 Å². The molecule has 2 aliphatic heterocycles. The fourth-order valence-electron chi connectivity index (χ4n) is 15.6. The van der Waals surface area contributed by atoms with Crippen molar-refractivity contribution in [2.45, 2.75) is 218 Å². The van der Waals surface area contributed by atoms with Crippen LogP contribution in [-0.4, -0.2) is 6.71 Å². The van der Waals surface area contributed by atoms with Crippen molar-refractivity contribution in [1.82, 2.24) is 0 Å². The van der Waals surface area contributed by atoms with E-state index in [0.717, 1.165) is 24.1 Å². The Morgan fingerprint density at radius 1 is 0.487 bits per heavy atom. The fourth-order valence-corrected chi connectivity index (χ4v) is 15.6. The Balaban J connectivity index is 1.17. The average molecular weight is 1010 g/mol. The van der Waals surface area contributed by atoms with E-state index in [1.807, 2.05) is 0 Å². The van der Waals surface area contributed by atoms with Crippen LogP contribution in [0.25, 0.3) is 22.1 Å². The molecule has 3 heterocycles. The summed E-state index contributed by atoms with van der Waals surface area (Å²) in [6.07, 6.45) is 13.4. The van der Waals surface area contributed by atoms with Crippen LogP contribution in [0.2, 0.25) is 0 Å². The van der Waals surface area contributed by atoms with Crippen LogP contribution in [-0.2, 0) is 37.9 Å². The molecule has 4 heteroatoms. The Bertz CT molecular complexity index is 3540. The van der Waals surface area contributed by atoms with Crippen LogP contribution in [0.5, 0.6) is 0 Å². The quantitative estimate of drug-likeness (QED) is 0.164. The summed E-state index contributed by atoms with van der Waals surface area (Å²) in [6.45, 7) is 36.7. The van der Waals surface area contributed by atoms with Gasteiger partial charge in [0.25, 0.3) is 6.71 Å². The molecule has 0 spiro atoms. The summed E-state index contributed by atoms with van der Waals surface area (Å²) < 4.78 is 7.75. The van der Waals surface area contributed by atoms with Gasteiger partial charge in [0.15, 0.2) is 0 Å². The molecule has 6 aliphatic rings. The average Bonchev–Trinajstić information content (AvgIpc) is 3.91. The second-order valence-electron chi connectivity index (χ2n) is 30.0. The molecule has 13 rings (SSSR count). The Labute approximate surface area is 457 Å². The van der Waals surface area contributed by atoms with Crippen LogP contribution < -0.4 is 26.4 Å². The van der Waals surface area contributed by atoms with Gasteiger partial charge in [0.2, 0.25) is 0 Å². The van der Waals surface area contributed by atoms with Crippen LogP contribution in [0.15, 0.2) is 108 Å². The maximum atomic E-state index is 7.75. The molecular formula is C72H85BN2O. The van der Waals surface area contributed by atoms with E-state index in [4.69, 9.17) is 4.42 Å². The molecule has 392 valence electrons. The number of benzene rings is 6. The smallest absolute Gasteiger partial charge is 0.297 e. The highest BCUT2D eigenvalue weighted by Gasteiger charge is 2.50. The maximum Gasteiger partial charge on any atom is 0.297 e. The molecule has 0 radical (unpaired) electrons. The number of fused-ring (bicyclic) bond motifs is 9. The topological polar surface area (TPSA) is 19.6 Å². The molecule has 0 unspecified atom stereocenters. The Hall–Kier alpha value is -5.48. The molecule has 0 bridgehead atoms. The summed E-state index contributed by atoms with van der Waals surface area (Å²) in [5.74, 6) is 0.488. The van der Waals surface area contributed by atoms with Crippen molar-refractivity contribution in [2.24, 2.45) is 0 Å². The normalized spacial score (nSPS) is 21.3. The monoisotopic (exact) mass is 1000 g/mol. The highest BCUT2D eigenvalue weighted by molar-refractivity contribution is 7.00. The molecule has 0 amide bonds. The van der Waals surface area contributed by atoms with Crippen LogP contribution in [0.3, 0.4) is 0 Å². The number of nitrogens with zero attached hydrogens (tertiary/aromatic N) is 2. The molecule has 7 aromatic rings. The molecule has 6 aromatic carbocycles. The van der Waals surface area contributed by atoms with E-state index < -0.39 is 0 Å². The first-order chi connectivity index (χ1) is 35.8. The molecule has 4 aliphatic carbocycles. The SMILES string of the molecule is CC(C)(C)c1cccc(-c2cc3c(cc2N2c4ccccc4B4c5oc6cc7c(cc6c5N(c5ccc6c(c5)C(C)(C)CCC6(C)C)c5cc(C6CCCCC6)cc2c54)C(C)(C)CCC7(C)C)C(C)(C)CCC3(C)C)c1. The van der Waals surface area contributed by atoms with Gasteiger partial charge in [-0.3, -0.25) is 0 Å². The van der Waals surface area contributed by atoms with E-state index in [9.17, 15) is 0 Å². The molecule has 3 nitrogen and oxygen atoms in total. The van der Waals surface area contributed by atoms with E-state index in [0.29, 0.717) is 5.92 Å². The lowest BCUT2D eigenvalue weighted by molar-refractivity contribution is 0.332. The number of anilines is 6. The van der Waals surface area contributed by atoms with E-state index in [2.05, 4.69) is 217 Å². The van der Waals surface area contributed by atoms with Gasteiger partial charge in [0.1, 0.15) is 5.58 Å². The summed E-state index contributed by atoms with van der Waals surface area (Å²) in [7, 11) is 0. The predicted octanol–water partition coefficient (Wildman–Crippen LogP) is 18.6. The van der Waals surface area contributed by atoms with Gasteiger partial charge in [-0.1, -0.05) is 172 Å². The predicted molar refractivity (Wildman–Crippen MR) is 326 cm³/mol. The second-order valence-corrected chi connectivity index (χ2v) is 30.0. The van der Waals surface area contributed by atoms with Gasteiger partial charge in [-0.15, -0.1) is 0 Å². The number of hydrogen-bond donors (Lipinski definition) is 0. The van der Waals surface area contributed by atoms with Crippen molar-refractivity contribution in [2.75, 3.05) is 9.80 Å². The number of furan rings is 1. The molecule has 0 N–H and O–H groups in total. The summed E-state index contributed by atoms with van der Waals surface area (Å²) in [6, 6.07) is 42.3. The number of hydrogen-bond acceptors (Lipinski definition) is 3. The van der Waals surface area contributed by atoms with Crippen LogP contribution in [0.4, 0.5) is 34.1 Å². The third-order valence-electron chi connectivity index (χ3n) is 21.0. The van der Waals surface area contributed by atoms with Crippen molar-refractivity contribution in [3.63, 3.8) is 0 Å². The zero-order valence-electron chi connectivity index (χ0n) is 49.1. The minimum absolute atomic E-state index is 0.00414. The first-order valence-electron chi connectivity index (χ1n) is 29.7. The number of rotatable bonds is 4. The molecule has 76 heavy (non-hydrogen) atoms. The first-order valence-corrected chi connectivity index (χ1v) is 29.7. The minimum atomic E-state index is -0.108. The highest BCUT2D eigenvalue weighted by Crippen LogP contribution is 2.57. The van der Waals surface area contributed by atoms with Gasteiger partial charge in [0, 0.05) is 33.7 Å². The van der Waals surface area contributed by atoms with Gasteiger partial charge in [0.05, 0.1) is 17.0 Å². The van der Waals surface area contributed by atoms with Gasteiger partial charge < -0.3 is 14.2 Å². The Morgan fingerprint density at radius 3 is 1.67 bits per heavy atom. The van der Waals surface area contributed by atoms with Crippen molar-refractivity contribution in [1.29, 1.82) is 0 Å². The summed E-state index contributed by atoms with van der Waals surface area (Å²) >= 11 is 0. The Morgan fingerprint density at radius 2 is 1.04 bits per heavy atom. The molecule has 1 saturated carbocycles. The lowest BCUT2D eigenvalue weighted by Crippen LogP contribution is -2.61. The van der Waals surface area contributed by atoms with Crippen molar-refractivity contribution in [3.8, 4) is 11.1 Å². The van der Waals surface area contributed by atoms with Crippen molar-refractivity contribution >= 4 is 68.4 Å². The Kier molecular flexibility index (Phi) is 10.9. The zero-order valence-corrected chi connectivity index (χ0v) is 49.1. The largest absolute Gasteiger partial charge is 0.468 e. The second kappa shape index (κ2) is 16.5. The van der Waals surface area contributed by atoms with Crippen molar-refractivity contribution < 1.29 is 4.42 Å². The molecular weight excluding hydrogens is 920 g/mol. The fraction of sp³-hybridized carbons (Fsp3) is 0.472. The molecule has 0 saturated heterocycles. The van der Waals surface area contributed by atoms with Crippen LogP contribution in [0.1, 0.15) is 225 Å². The van der Waals surface area contributed by atoms with E-state index in [1.54, 1.807) is 0 Å². The van der Waals surface area contributed by atoms with Gasteiger partial charge in [-0.2, -0.15) is 0 Å². The van der Waals surface area contributed by atoms with Crippen LogP contribution >= 0.6 is 0 Å². The van der Waals surface area contributed by atoms with Gasteiger partial charge >= 0.3 is 0 Å². The third-order valence-corrected chi connectivity index (χ3v) is 21.0. The first kappa shape index (κ1) is 50.1. The highest BCUT2D eigenvalue weighted by atomic mass is 16.3. The van der Waals surface area contributed by atoms with Gasteiger partial charge in [-0.05, 0) is 211 Å². The third kappa shape index (κ3) is 7.54. The zero-order chi connectivity index (χ0) is 53.4. The van der Waals surface area contributed by atoms with E-state index >= 15 is 0 Å². The van der Waals surface area contributed by atoms with Gasteiger partial charge in [-0.25, -0.2) is 0 Å². The maximum absolute atomic E-state index is 7.75. The summed E-state index contributed by atoms with van der Waals surface area (Å²) in [4.78, 5) is 5.48. The standard InChI is InChI=1S/C72H85BN2O/c1-66(2,3)47-25-21-24-45(36-47)49-40-53-55(71(12,13)34-32-69(53,8)9)42-59(49)75-58-27-20-19-26-57(58)73-63-60(37-46(38-61(63)75)44-22-17-16-18-23-44)74(48-28-29-51-52(39-48)68(6,7)31-30-67(51,4)5)64-50-41-54-56(43-62(50)76-65(64)73)72(14,15)35-33-70(54,10)11/h19-21,24-29,36-44H,16-18,22-23,30-35H2,1-15H3. The summed E-state index contributed by atoms with van der Waals surface area (Å²) in [5, 5.41) is 1.24. The number of para-hydroxylation sites is 1. The summed E-state index contributed by atoms with van der Waals surface area (Å²) in [5.41, 5.74) is 27.1. The lowest BCUT2D eigenvalue weighted by Gasteiger charge is -2.46. The minimum Gasteiger partial charge on any atom is -0.468 e. The molecule has 1 aromatic heterocycles. The van der Waals surface area contributed by atoms with E-state index in [1.165, 1.54) is 164 Å². The molecule has 0 atom stereocenters. The van der Waals surface area contributed by atoms with Crippen LogP contribution in [0, 0.1) is 0 Å². The molecule has 1 fully saturated rings.